The van der Waals surface area contributed by atoms with Crippen molar-refractivity contribution in [2.45, 2.75) is 43.6 Å². The van der Waals surface area contributed by atoms with E-state index in [-0.39, 0.29) is 11.9 Å². The Labute approximate surface area is 94.2 Å². The summed E-state index contributed by atoms with van der Waals surface area (Å²) in [6.45, 7) is 2.25. The van der Waals surface area contributed by atoms with Crippen LogP contribution in [0.25, 0.3) is 0 Å². The monoisotopic (exact) mass is 227 g/mol. The fourth-order valence-corrected chi connectivity index (χ4v) is 2.61. The first-order chi connectivity index (χ1) is 7.31. The van der Waals surface area contributed by atoms with Crippen LogP contribution in [0.5, 0.6) is 0 Å². The van der Waals surface area contributed by atoms with Crippen molar-refractivity contribution < 1.29 is 9.63 Å². The topological polar surface area (TPSA) is 46.3 Å². The van der Waals surface area contributed by atoms with Crippen LogP contribution in [0.15, 0.2) is 4.52 Å². The van der Waals surface area contributed by atoms with E-state index in [1.54, 1.807) is 11.8 Å². The molecule has 0 spiro atoms. The lowest BCUT2D eigenvalue weighted by Gasteiger charge is -2.10. The van der Waals surface area contributed by atoms with E-state index in [1.165, 1.54) is 18.4 Å². The molecule has 0 unspecified atom stereocenters. The van der Waals surface area contributed by atoms with Gasteiger partial charge in [0.05, 0.1) is 12.3 Å². The zero-order chi connectivity index (χ0) is 10.7. The minimum atomic E-state index is 0.227. The SMILES string of the molecule is C[C@@H](CO)SCc1noc2c1CCCC2. The van der Waals surface area contributed by atoms with E-state index in [2.05, 4.69) is 5.16 Å². The molecule has 0 radical (unpaired) electrons. The molecule has 3 nitrogen and oxygen atoms in total. The first-order valence-corrected chi connectivity index (χ1v) is 6.55. The first-order valence-electron chi connectivity index (χ1n) is 5.50. The Morgan fingerprint density at radius 1 is 1.47 bits per heavy atom. The Morgan fingerprint density at radius 3 is 3.07 bits per heavy atom. The number of thioether (sulfide) groups is 1. The summed E-state index contributed by atoms with van der Waals surface area (Å²) in [4.78, 5) is 0. The molecule has 0 bridgehead atoms. The van der Waals surface area contributed by atoms with E-state index in [4.69, 9.17) is 9.63 Å². The summed E-state index contributed by atoms with van der Waals surface area (Å²) >= 11 is 1.73. The molecule has 2 rings (SSSR count). The van der Waals surface area contributed by atoms with Crippen LogP contribution < -0.4 is 0 Å². The Bertz CT molecular complexity index is 324. The number of fused-ring (bicyclic) bond motifs is 1. The maximum atomic E-state index is 8.94. The van der Waals surface area contributed by atoms with Crippen molar-refractivity contribution in [1.29, 1.82) is 0 Å². The molecule has 0 fully saturated rings. The molecule has 0 aromatic carbocycles. The number of hydrogen-bond donors (Lipinski definition) is 1. The molecule has 1 aromatic rings. The van der Waals surface area contributed by atoms with Crippen molar-refractivity contribution in [2.75, 3.05) is 6.61 Å². The van der Waals surface area contributed by atoms with Crippen LogP contribution in [0.2, 0.25) is 0 Å². The molecule has 4 heteroatoms. The second-order valence-corrected chi connectivity index (χ2v) is 5.47. The van der Waals surface area contributed by atoms with Crippen molar-refractivity contribution in [3.8, 4) is 0 Å². The third-order valence-corrected chi connectivity index (χ3v) is 3.95. The molecule has 0 amide bonds. The summed E-state index contributed by atoms with van der Waals surface area (Å²) in [6.07, 6.45) is 4.63. The smallest absolute Gasteiger partial charge is 0.140 e. The lowest BCUT2D eigenvalue weighted by Crippen LogP contribution is -2.05. The van der Waals surface area contributed by atoms with Gasteiger partial charge in [-0.25, -0.2) is 0 Å². The Morgan fingerprint density at radius 2 is 2.27 bits per heavy atom. The van der Waals surface area contributed by atoms with E-state index >= 15 is 0 Å². The van der Waals surface area contributed by atoms with E-state index in [0.29, 0.717) is 0 Å². The molecule has 1 heterocycles. The van der Waals surface area contributed by atoms with Crippen LogP contribution in [0.1, 0.15) is 36.8 Å². The van der Waals surface area contributed by atoms with Crippen molar-refractivity contribution >= 4 is 11.8 Å². The number of aryl methyl sites for hydroxylation is 1. The van der Waals surface area contributed by atoms with Crippen molar-refractivity contribution in [1.82, 2.24) is 5.16 Å². The number of nitrogens with zero attached hydrogens (tertiary/aromatic N) is 1. The molecule has 0 saturated heterocycles. The highest BCUT2D eigenvalue weighted by molar-refractivity contribution is 7.99. The van der Waals surface area contributed by atoms with Gasteiger partial charge in [-0.3, -0.25) is 0 Å². The predicted octanol–water partition coefficient (Wildman–Crippen LogP) is 2.17. The van der Waals surface area contributed by atoms with Crippen LogP contribution in [0.4, 0.5) is 0 Å². The molecule has 1 N–H and O–H groups in total. The lowest BCUT2D eigenvalue weighted by molar-refractivity contribution is 0.300. The van der Waals surface area contributed by atoms with E-state index in [9.17, 15) is 0 Å². The molecule has 84 valence electrons. The molecule has 1 aliphatic carbocycles. The third-order valence-electron chi connectivity index (χ3n) is 2.79. The maximum Gasteiger partial charge on any atom is 0.140 e. The van der Waals surface area contributed by atoms with Crippen LogP contribution in [0, 0.1) is 0 Å². The average molecular weight is 227 g/mol. The first kappa shape index (κ1) is 11.0. The van der Waals surface area contributed by atoms with Crippen LogP contribution >= 0.6 is 11.8 Å². The van der Waals surface area contributed by atoms with Crippen molar-refractivity contribution in [2.24, 2.45) is 0 Å². The van der Waals surface area contributed by atoms with Gasteiger partial charge >= 0.3 is 0 Å². The van der Waals surface area contributed by atoms with Gasteiger partial charge < -0.3 is 9.63 Å². The minimum Gasteiger partial charge on any atom is -0.395 e. The maximum absolute atomic E-state index is 8.94. The van der Waals surface area contributed by atoms with Crippen LogP contribution in [0.3, 0.4) is 0 Å². The van der Waals surface area contributed by atoms with Crippen LogP contribution in [-0.2, 0) is 18.6 Å². The van der Waals surface area contributed by atoms with Crippen molar-refractivity contribution in [3.05, 3.63) is 17.0 Å². The summed E-state index contributed by atoms with van der Waals surface area (Å²) in [5, 5.41) is 13.3. The average Bonchev–Trinajstić information content (AvgIpc) is 2.69. The van der Waals surface area contributed by atoms with Crippen molar-refractivity contribution in [3.63, 3.8) is 0 Å². The Balaban J connectivity index is 1.99. The van der Waals surface area contributed by atoms with Gasteiger partial charge in [0.15, 0.2) is 0 Å². The summed E-state index contributed by atoms with van der Waals surface area (Å²) in [6, 6.07) is 0. The largest absolute Gasteiger partial charge is 0.395 e. The highest BCUT2D eigenvalue weighted by atomic mass is 32.2. The normalized spacial score (nSPS) is 17.5. The predicted molar refractivity (Wildman–Crippen MR) is 61.0 cm³/mol. The molecular weight excluding hydrogens is 210 g/mol. The molecule has 1 aliphatic rings. The van der Waals surface area contributed by atoms with Gasteiger partial charge in [0.1, 0.15) is 5.76 Å². The number of hydrogen-bond acceptors (Lipinski definition) is 4. The molecule has 0 aliphatic heterocycles. The van der Waals surface area contributed by atoms with Gasteiger partial charge in [0.2, 0.25) is 0 Å². The highest BCUT2D eigenvalue weighted by Crippen LogP contribution is 2.27. The molecule has 1 atom stereocenters. The zero-order valence-corrected chi connectivity index (χ0v) is 9.85. The van der Waals surface area contributed by atoms with E-state index in [1.807, 2.05) is 6.92 Å². The van der Waals surface area contributed by atoms with Gasteiger partial charge in [-0.15, -0.1) is 11.8 Å². The molecule has 1 aromatic heterocycles. The van der Waals surface area contributed by atoms with E-state index in [0.717, 1.165) is 30.0 Å². The van der Waals surface area contributed by atoms with Gasteiger partial charge in [0, 0.05) is 23.0 Å². The second kappa shape index (κ2) is 5.03. The standard InChI is InChI=1S/C11H17NO2S/c1-8(6-13)15-7-10-9-4-2-3-5-11(9)14-12-10/h8,13H,2-7H2,1H3/t8-/m0/s1. The fourth-order valence-electron chi connectivity index (χ4n) is 1.84. The summed E-state index contributed by atoms with van der Waals surface area (Å²) < 4.78 is 5.33. The van der Waals surface area contributed by atoms with Gasteiger partial charge in [-0.2, -0.15) is 0 Å². The number of aromatic nitrogens is 1. The Kier molecular flexibility index (Phi) is 3.70. The second-order valence-electron chi connectivity index (χ2n) is 4.04. The number of aliphatic hydroxyl groups excluding tert-OH is 1. The lowest BCUT2D eigenvalue weighted by atomic mass is 9.97. The zero-order valence-electron chi connectivity index (χ0n) is 9.03. The summed E-state index contributed by atoms with van der Waals surface area (Å²) in [5.41, 5.74) is 2.42. The molecule has 0 saturated carbocycles. The Hall–Kier alpha value is -0.480. The van der Waals surface area contributed by atoms with Gasteiger partial charge in [0.25, 0.3) is 0 Å². The molecular formula is C11H17NO2S. The van der Waals surface area contributed by atoms with Gasteiger partial charge in [-0.1, -0.05) is 12.1 Å². The highest BCUT2D eigenvalue weighted by Gasteiger charge is 2.19. The number of aliphatic hydroxyl groups is 1. The fraction of sp³-hybridized carbons (Fsp3) is 0.727. The van der Waals surface area contributed by atoms with Gasteiger partial charge in [-0.05, 0) is 19.3 Å². The summed E-state index contributed by atoms with van der Waals surface area (Å²) in [7, 11) is 0. The third kappa shape index (κ3) is 2.55. The minimum absolute atomic E-state index is 0.227. The molecule has 15 heavy (non-hydrogen) atoms. The van der Waals surface area contributed by atoms with Crippen LogP contribution in [-0.4, -0.2) is 22.1 Å². The number of rotatable bonds is 4. The summed E-state index contributed by atoms with van der Waals surface area (Å²) in [5.74, 6) is 1.95. The van der Waals surface area contributed by atoms with E-state index < -0.39 is 0 Å². The quantitative estimate of drug-likeness (QED) is 0.856.